The number of nitrogens with one attached hydrogen (secondary N) is 1. The number of benzene rings is 1. The van der Waals surface area contributed by atoms with Crippen LogP contribution in [0.1, 0.15) is 67.7 Å². The Hall–Kier alpha value is -1.77. The highest BCUT2D eigenvalue weighted by Crippen LogP contribution is 2.36. The monoisotopic (exact) mass is 282 g/mol. The second-order valence-corrected chi connectivity index (χ2v) is 6.52. The summed E-state index contributed by atoms with van der Waals surface area (Å²) in [7, 11) is 0. The fraction of sp³-hybridized carbons (Fsp3) is 0.500. The zero-order valence-corrected chi connectivity index (χ0v) is 12.4. The molecule has 3 heteroatoms. The van der Waals surface area contributed by atoms with E-state index < -0.39 is 0 Å². The second kappa shape index (κ2) is 5.21. The maximum atomic E-state index is 9.19. The van der Waals surface area contributed by atoms with E-state index in [0.29, 0.717) is 0 Å². The van der Waals surface area contributed by atoms with Gasteiger partial charge in [-0.05, 0) is 61.3 Å². The lowest BCUT2D eigenvalue weighted by molar-refractivity contribution is 0.317. The number of hydrogen-bond donors (Lipinski definition) is 2. The number of nitrogens with zero attached hydrogens (tertiary/aromatic N) is 1. The summed E-state index contributed by atoms with van der Waals surface area (Å²) in [6.07, 6.45) is 9.84. The van der Waals surface area contributed by atoms with Gasteiger partial charge >= 0.3 is 0 Å². The quantitative estimate of drug-likeness (QED) is 0.576. The van der Waals surface area contributed by atoms with Gasteiger partial charge < -0.3 is 10.2 Å². The molecule has 0 aliphatic heterocycles. The number of aromatic nitrogens is 1. The Bertz CT molecular complexity index is 693. The molecular formula is C18H22N2O. The number of aromatic amines is 1. The minimum atomic E-state index is 0.739. The van der Waals surface area contributed by atoms with Crippen molar-refractivity contribution in [1.29, 1.82) is 0 Å². The van der Waals surface area contributed by atoms with Crippen LogP contribution in [-0.4, -0.2) is 15.9 Å². The van der Waals surface area contributed by atoms with Gasteiger partial charge in [0.25, 0.3) is 0 Å². The maximum Gasteiger partial charge on any atom is 0.103 e. The van der Waals surface area contributed by atoms with Crippen LogP contribution in [-0.2, 0) is 6.42 Å². The molecule has 2 aliphatic rings. The molecule has 2 aliphatic carbocycles. The number of oxime groups is 1. The first-order valence-corrected chi connectivity index (χ1v) is 8.22. The molecule has 0 saturated heterocycles. The predicted octanol–water partition coefficient (Wildman–Crippen LogP) is 4.73. The van der Waals surface area contributed by atoms with Crippen molar-refractivity contribution in [2.45, 2.75) is 57.3 Å². The Balaban J connectivity index is 1.80. The lowest BCUT2D eigenvalue weighted by Crippen LogP contribution is -2.11. The Morgan fingerprint density at radius 3 is 2.71 bits per heavy atom. The summed E-state index contributed by atoms with van der Waals surface area (Å²) in [5.74, 6) is 0.739. The average Bonchev–Trinajstić information content (AvgIpc) is 2.93. The summed E-state index contributed by atoms with van der Waals surface area (Å²) in [5.41, 5.74) is 5.90. The van der Waals surface area contributed by atoms with Gasteiger partial charge in [0.1, 0.15) is 5.71 Å². The van der Waals surface area contributed by atoms with Gasteiger partial charge in [-0.2, -0.15) is 0 Å². The molecule has 21 heavy (non-hydrogen) atoms. The van der Waals surface area contributed by atoms with Crippen molar-refractivity contribution in [3.05, 3.63) is 35.0 Å². The first kappa shape index (κ1) is 12.9. The third-order valence-electron chi connectivity index (χ3n) is 5.26. The number of hydrogen-bond acceptors (Lipinski definition) is 2. The fourth-order valence-corrected chi connectivity index (χ4v) is 4.12. The molecule has 0 unspecified atom stereocenters. The largest absolute Gasteiger partial charge is 0.411 e. The van der Waals surface area contributed by atoms with E-state index >= 15 is 0 Å². The molecule has 2 aromatic rings. The van der Waals surface area contributed by atoms with E-state index in [9.17, 15) is 5.21 Å². The maximum absolute atomic E-state index is 9.19. The van der Waals surface area contributed by atoms with E-state index in [1.165, 1.54) is 54.1 Å². The minimum absolute atomic E-state index is 0.739. The van der Waals surface area contributed by atoms with Crippen molar-refractivity contribution in [3.63, 3.8) is 0 Å². The molecule has 1 saturated carbocycles. The highest BCUT2D eigenvalue weighted by molar-refractivity contribution is 6.06. The lowest BCUT2D eigenvalue weighted by atomic mass is 9.83. The van der Waals surface area contributed by atoms with Gasteiger partial charge in [-0.15, -0.1) is 0 Å². The molecule has 0 atom stereocenters. The highest BCUT2D eigenvalue weighted by atomic mass is 16.4. The van der Waals surface area contributed by atoms with E-state index in [1.54, 1.807) is 0 Å². The Labute approximate surface area is 125 Å². The van der Waals surface area contributed by atoms with Crippen LogP contribution in [0.15, 0.2) is 23.4 Å². The zero-order chi connectivity index (χ0) is 14.2. The van der Waals surface area contributed by atoms with Gasteiger partial charge in [0, 0.05) is 10.9 Å². The molecule has 110 valence electrons. The Kier molecular flexibility index (Phi) is 3.21. The molecule has 0 spiro atoms. The van der Waals surface area contributed by atoms with Gasteiger partial charge in [0.15, 0.2) is 0 Å². The van der Waals surface area contributed by atoms with Crippen molar-refractivity contribution in [1.82, 2.24) is 4.98 Å². The predicted molar refractivity (Wildman–Crippen MR) is 85.4 cm³/mol. The van der Waals surface area contributed by atoms with Gasteiger partial charge in [-0.3, -0.25) is 0 Å². The molecule has 2 N–H and O–H groups in total. The average molecular weight is 282 g/mol. The van der Waals surface area contributed by atoms with Crippen molar-refractivity contribution < 1.29 is 5.21 Å². The van der Waals surface area contributed by atoms with Crippen LogP contribution in [0.4, 0.5) is 0 Å². The number of rotatable bonds is 1. The van der Waals surface area contributed by atoms with E-state index in [-0.39, 0.29) is 0 Å². The first-order chi connectivity index (χ1) is 10.4. The van der Waals surface area contributed by atoms with E-state index in [2.05, 4.69) is 28.3 Å². The van der Waals surface area contributed by atoms with Gasteiger partial charge in [0.05, 0.1) is 5.69 Å². The molecule has 4 rings (SSSR count). The van der Waals surface area contributed by atoms with Gasteiger partial charge in [-0.25, -0.2) is 0 Å². The highest BCUT2D eigenvalue weighted by Gasteiger charge is 2.22. The van der Waals surface area contributed by atoms with Crippen LogP contribution in [0, 0.1) is 0 Å². The summed E-state index contributed by atoms with van der Waals surface area (Å²) < 4.78 is 0. The van der Waals surface area contributed by atoms with E-state index in [4.69, 9.17) is 0 Å². The smallest absolute Gasteiger partial charge is 0.103 e. The van der Waals surface area contributed by atoms with Crippen molar-refractivity contribution >= 4 is 16.6 Å². The Morgan fingerprint density at radius 1 is 1.05 bits per heavy atom. The lowest BCUT2D eigenvalue weighted by Gasteiger charge is -2.22. The Morgan fingerprint density at radius 2 is 1.90 bits per heavy atom. The van der Waals surface area contributed by atoms with Crippen LogP contribution < -0.4 is 0 Å². The third-order valence-corrected chi connectivity index (χ3v) is 5.26. The zero-order valence-electron chi connectivity index (χ0n) is 12.4. The SMILES string of the molecule is ON=C1CCCc2c1[nH]c1ccc(C3CCCCC3)cc21. The molecule has 3 nitrogen and oxygen atoms in total. The van der Waals surface area contributed by atoms with Crippen molar-refractivity contribution in [2.24, 2.45) is 5.16 Å². The third kappa shape index (κ3) is 2.15. The standard InChI is InChI=1S/C18H22N2O/c21-20-17-8-4-7-14-15-11-13(12-5-2-1-3-6-12)9-10-16(15)19-18(14)17/h9-12,19,21H,1-8H2. The number of aryl methyl sites for hydroxylation is 1. The molecule has 0 bridgehead atoms. The summed E-state index contributed by atoms with van der Waals surface area (Å²) in [6, 6.07) is 6.89. The van der Waals surface area contributed by atoms with Crippen LogP contribution in [0.5, 0.6) is 0 Å². The molecule has 0 amide bonds. The molecule has 1 fully saturated rings. The molecular weight excluding hydrogens is 260 g/mol. The van der Waals surface area contributed by atoms with E-state index in [1.807, 2.05) is 0 Å². The minimum Gasteiger partial charge on any atom is -0.411 e. The summed E-state index contributed by atoms with van der Waals surface area (Å²) in [4.78, 5) is 3.46. The number of H-pyrrole nitrogens is 1. The molecule has 1 aromatic carbocycles. The van der Waals surface area contributed by atoms with Crippen LogP contribution >= 0.6 is 0 Å². The first-order valence-electron chi connectivity index (χ1n) is 8.22. The van der Waals surface area contributed by atoms with Crippen molar-refractivity contribution in [2.75, 3.05) is 0 Å². The van der Waals surface area contributed by atoms with Gasteiger partial charge in [-0.1, -0.05) is 30.5 Å². The summed E-state index contributed by atoms with van der Waals surface area (Å²) in [5, 5.41) is 14.0. The molecule has 1 heterocycles. The van der Waals surface area contributed by atoms with Crippen LogP contribution in [0.3, 0.4) is 0 Å². The molecule has 1 aromatic heterocycles. The molecule has 0 radical (unpaired) electrons. The summed E-state index contributed by atoms with van der Waals surface area (Å²) >= 11 is 0. The van der Waals surface area contributed by atoms with Crippen LogP contribution in [0.25, 0.3) is 10.9 Å². The van der Waals surface area contributed by atoms with Gasteiger partial charge in [0.2, 0.25) is 0 Å². The van der Waals surface area contributed by atoms with Crippen molar-refractivity contribution in [3.8, 4) is 0 Å². The number of fused-ring (bicyclic) bond motifs is 3. The second-order valence-electron chi connectivity index (χ2n) is 6.52. The normalized spacial score (nSPS) is 21.8. The fourth-order valence-electron chi connectivity index (χ4n) is 4.12. The summed E-state index contributed by atoms with van der Waals surface area (Å²) in [6.45, 7) is 0. The topological polar surface area (TPSA) is 48.4 Å². The van der Waals surface area contributed by atoms with E-state index in [0.717, 1.165) is 36.6 Å². The van der Waals surface area contributed by atoms with Crippen LogP contribution in [0.2, 0.25) is 0 Å².